The van der Waals surface area contributed by atoms with Crippen LogP contribution in [0.2, 0.25) is 0 Å². The predicted molar refractivity (Wildman–Crippen MR) is 81.8 cm³/mol. The van der Waals surface area contributed by atoms with Crippen LogP contribution >= 0.6 is 11.3 Å². The quantitative estimate of drug-likeness (QED) is 0.587. The molecule has 0 aliphatic carbocycles. The lowest BCUT2D eigenvalue weighted by Crippen LogP contribution is -2.00. The monoisotopic (exact) mass is 278 g/mol. The molecule has 0 aliphatic heterocycles. The third kappa shape index (κ3) is 2.51. The zero-order valence-electron chi connectivity index (χ0n) is 10.4. The van der Waals surface area contributed by atoms with E-state index in [1.54, 1.807) is 0 Å². The highest BCUT2D eigenvalue weighted by atomic mass is 32.1. The Morgan fingerprint density at radius 3 is 2.60 bits per heavy atom. The third-order valence-corrected chi connectivity index (χ3v) is 3.72. The van der Waals surface area contributed by atoms with Gasteiger partial charge in [-0.05, 0) is 24.3 Å². The second kappa shape index (κ2) is 5.51. The number of rotatable bonds is 3. The molecular weight excluding hydrogens is 268 g/mol. The van der Waals surface area contributed by atoms with Crippen molar-refractivity contribution in [2.45, 2.75) is 0 Å². The molecule has 0 radical (unpaired) electrons. The number of nitriles is 1. The summed E-state index contributed by atoms with van der Waals surface area (Å²) in [6.07, 6.45) is 0. The van der Waals surface area contributed by atoms with Gasteiger partial charge in [-0.25, -0.2) is 4.98 Å². The molecule has 0 aliphatic rings. The Morgan fingerprint density at radius 2 is 1.85 bits per heavy atom. The van der Waals surface area contributed by atoms with Crippen LogP contribution in [0, 0.1) is 11.3 Å². The van der Waals surface area contributed by atoms with Crippen LogP contribution in [-0.4, -0.2) is 10.7 Å². The summed E-state index contributed by atoms with van der Waals surface area (Å²) in [4.78, 5) is 4.42. The van der Waals surface area contributed by atoms with Gasteiger partial charge in [-0.1, -0.05) is 30.3 Å². The summed E-state index contributed by atoms with van der Waals surface area (Å²) in [7, 11) is 0. The van der Waals surface area contributed by atoms with Gasteiger partial charge in [0.15, 0.2) is 10.7 Å². The Morgan fingerprint density at radius 1 is 1.10 bits per heavy atom. The van der Waals surface area contributed by atoms with E-state index in [2.05, 4.69) is 21.6 Å². The molecule has 0 amide bonds. The molecule has 0 fully saturated rings. The summed E-state index contributed by atoms with van der Waals surface area (Å²) >= 11 is 1.46. The molecule has 1 N–H and O–H groups in total. The van der Waals surface area contributed by atoms with Gasteiger partial charge >= 0.3 is 0 Å². The number of nitrogens with zero attached hydrogens (tertiary/aromatic N) is 3. The van der Waals surface area contributed by atoms with Gasteiger partial charge in [0.25, 0.3) is 0 Å². The number of fused-ring (bicyclic) bond motifs is 1. The van der Waals surface area contributed by atoms with Crippen LogP contribution in [0.1, 0.15) is 5.01 Å². The van der Waals surface area contributed by atoms with Crippen LogP contribution in [0.5, 0.6) is 0 Å². The first-order valence-electron chi connectivity index (χ1n) is 6.01. The minimum absolute atomic E-state index is 0.287. The van der Waals surface area contributed by atoms with Gasteiger partial charge in [-0.15, -0.1) is 11.3 Å². The Bertz CT molecular complexity index is 766. The van der Waals surface area contributed by atoms with Crippen LogP contribution in [0.25, 0.3) is 10.2 Å². The predicted octanol–water partition coefficient (Wildman–Crippen LogP) is 3.64. The molecule has 0 unspecified atom stereocenters. The molecule has 1 heterocycles. The van der Waals surface area contributed by atoms with Crippen molar-refractivity contribution in [3.05, 3.63) is 59.6 Å². The topological polar surface area (TPSA) is 61.1 Å². The molecule has 20 heavy (non-hydrogen) atoms. The SMILES string of the molecule is N#CC(=NNc1ccccc1)c1nc2ccccc2s1. The van der Waals surface area contributed by atoms with Crippen LogP contribution in [0.4, 0.5) is 5.69 Å². The minimum Gasteiger partial charge on any atom is -0.277 e. The Balaban J connectivity index is 1.91. The fraction of sp³-hybridized carbons (Fsp3) is 0. The van der Waals surface area contributed by atoms with Crippen molar-refractivity contribution in [1.82, 2.24) is 4.98 Å². The molecule has 3 rings (SSSR count). The summed E-state index contributed by atoms with van der Waals surface area (Å²) in [5.74, 6) is 0. The van der Waals surface area contributed by atoms with Crippen molar-refractivity contribution >= 4 is 33.0 Å². The van der Waals surface area contributed by atoms with Gasteiger partial charge in [0, 0.05) is 0 Å². The van der Waals surface area contributed by atoms with Gasteiger partial charge < -0.3 is 0 Å². The zero-order valence-corrected chi connectivity index (χ0v) is 11.3. The molecule has 0 atom stereocenters. The van der Waals surface area contributed by atoms with Gasteiger partial charge in [-0.2, -0.15) is 10.4 Å². The molecule has 4 nitrogen and oxygen atoms in total. The number of para-hydroxylation sites is 2. The van der Waals surface area contributed by atoms with Crippen molar-refractivity contribution < 1.29 is 0 Å². The van der Waals surface area contributed by atoms with E-state index in [1.165, 1.54) is 11.3 Å². The average Bonchev–Trinajstić information content (AvgIpc) is 2.92. The number of anilines is 1. The normalized spacial score (nSPS) is 11.2. The van der Waals surface area contributed by atoms with Crippen molar-refractivity contribution in [3.8, 4) is 6.07 Å². The zero-order chi connectivity index (χ0) is 13.8. The van der Waals surface area contributed by atoms with Crippen LogP contribution in [0.15, 0.2) is 59.7 Å². The smallest absolute Gasteiger partial charge is 0.196 e. The third-order valence-electron chi connectivity index (χ3n) is 2.67. The maximum atomic E-state index is 9.23. The largest absolute Gasteiger partial charge is 0.277 e. The average molecular weight is 278 g/mol. The van der Waals surface area contributed by atoms with Crippen molar-refractivity contribution in [2.24, 2.45) is 5.10 Å². The first-order chi connectivity index (χ1) is 9.86. The summed E-state index contributed by atoms with van der Waals surface area (Å²) in [5, 5.41) is 14.0. The van der Waals surface area contributed by atoms with Crippen LogP contribution in [0.3, 0.4) is 0 Å². The number of hydrogen-bond donors (Lipinski definition) is 1. The Labute approximate surface area is 120 Å². The maximum Gasteiger partial charge on any atom is 0.196 e. The highest BCUT2D eigenvalue weighted by Crippen LogP contribution is 2.22. The lowest BCUT2D eigenvalue weighted by atomic mass is 10.3. The fourth-order valence-corrected chi connectivity index (χ4v) is 2.63. The molecule has 5 heteroatoms. The number of benzene rings is 2. The maximum absolute atomic E-state index is 9.23. The van der Waals surface area contributed by atoms with Gasteiger partial charge in [0.1, 0.15) is 6.07 Å². The number of thiazole rings is 1. The van der Waals surface area contributed by atoms with E-state index < -0.39 is 0 Å². The lowest BCUT2D eigenvalue weighted by molar-refractivity contribution is 1.32. The summed E-state index contributed by atoms with van der Waals surface area (Å²) < 4.78 is 1.05. The van der Waals surface area contributed by atoms with E-state index in [9.17, 15) is 5.26 Å². The summed E-state index contributed by atoms with van der Waals surface area (Å²) in [6, 6.07) is 19.4. The van der Waals surface area contributed by atoms with E-state index in [1.807, 2.05) is 54.6 Å². The molecule has 1 aromatic heterocycles. The van der Waals surface area contributed by atoms with Gasteiger partial charge in [0.05, 0.1) is 15.9 Å². The van der Waals surface area contributed by atoms with Crippen molar-refractivity contribution in [1.29, 1.82) is 5.26 Å². The van der Waals surface area contributed by atoms with E-state index in [-0.39, 0.29) is 5.71 Å². The van der Waals surface area contributed by atoms with Crippen molar-refractivity contribution in [3.63, 3.8) is 0 Å². The minimum atomic E-state index is 0.287. The molecule has 2 aromatic carbocycles. The Hall–Kier alpha value is -2.71. The molecular formula is C15H10N4S. The van der Waals surface area contributed by atoms with Crippen molar-refractivity contribution in [2.75, 3.05) is 5.43 Å². The standard InChI is InChI=1S/C15H10N4S/c16-10-13(19-18-11-6-2-1-3-7-11)15-17-12-8-4-5-9-14(12)20-15/h1-9,18H. The molecule has 0 saturated carbocycles. The van der Waals surface area contributed by atoms with E-state index >= 15 is 0 Å². The molecule has 0 bridgehead atoms. The summed E-state index contributed by atoms with van der Waals surface area (Å²) in [5.41, 5.74) is 4.88. The highest BCUT2D eigenvalue weighted by molar-refractivity contribution is 7.20. The molecule has 0 spiro atoms. The van der Waals surface area contributed by atoms with Crippen LogP contribution in [-0.2, 0) is 0 Å². The second-order valence-electron chi connectivity index (χ2n) is 4.04. The number of hydrazone groups is 1. The Kier molecular flexibility index (Phi) is 3.40. The lowest BCUT2D eigenvalue weighted by Gasteiger charge is -1.98. The van der Waals surface area contributed by atoms with E-state index in [0.29, 0.717) is 5.01 Å². The first-order valence-corrected chi connectivity index (χ1v) is 6.83. The van der Waals surface area contributed by atoms with Gasteiger partial charge in [-0.3, -0.25) is 5.43 Å². The van der Waals surface area contributed by atoms with Gasteiger partial charge in [0.2, 0.25) is 0 Å². The number of hydrogen-bond acceptors (Lipinski definition) is 5. The molecule has 0 saturated heterocycles. The molecule has 96 valence electrons. The molecule has 3 aromatic rings. The van der Waals surface area contributed by atoms with Crippen LogP contribution < -0.4 is 5.43 Å². The fourth-order valence-electron chi connectivity index (χ4n) is 1.73. The van der Waals surface area contributed by atoms with E-state index in [4.69, 9.17) is 0 Å². The first kappa shape index (κ1) is 12.3. The van der Waals surface area contributed by atoms with E-state index in [0.717, 1.165) is 15.9 Å². The number of aromatic nitrogens is 1. The second-order valence-corrected chi connectivity index (χ2v) is 5.07. The summed E-state index contributed by atoms with van der Waals surface area (Å²) in [6.45, 7) is 0. The highest BCUT2D eigenvalue weighted by Gasteiger charge is 2.09. The number of nitrogens with one attached hydrogen (secondary N) is 1.